The van der Waals surface area contributed by atoms with Crippen molar-refractivity contribution in [2.75, 3.05) is 26.3 Å². The summed E-state index contributed by atoms with van der Waals surface area (Å²) in [6.45, 7) is 4.99. The van der Waals surface area contributed by atoms with Crippen molar-refractivity contribution in [3.8, 4) is 11.5 Å². The highest BCUT2D eigenvalue weighted by atomic mass is 35.5. The van der Waals surface area contributed by atoms with E-state index in [2.05, 4.69) is 10.6 Å². The molecule has 0 bridgehead atoms. The molecule has 7 nitrogen and oxygen atoms in total. The van der Waals surface area contributed by atoms with Gasteiger partial charge in [0.05, 0.1) is 17.6 Å². The molecule has 146 valence electrons. The molecule has 1 aromatic carbocycles. The number of nitrogens with two attached hydrogens (primary N) is 1. The van der Waals surface area contributed by atoms with Crippen molar-refractivity contribution in [1.82, 2.24) is 10.6 Å². The number of hydrogen-bond acceptors (Lipinski definition) is 5. The second-order valence-electron chi connectivity index (χ2n) is 6.19. The Kier molecular flexibility index (Phi) is 8.98. The first-order chi connectivity index (χ1) is 11.9. The van der Waals surface area contributed by atoms with Gasteiger partial charge in [0.2, 0.25) is 11.8 Å². The number of carbonyl (C=O) groups excluding carboxylic acids is 2. The highest BCUT2D eigenvalue weighted by molar-refractivity contribution is 6.32. The number of amides is 2. The molecule has 0 radical (unpaired) electrons. The van der Waals surface area contributed by atoms with Gasteiger partial charge < -0.3 is 25.8 Å². The van der Waals surface area contributed by atoms with Gasteiger partial charge in [0.15, 0.2) is 11.5 Å². The van der Waals surface area contributed by atoms with E-state index in [4.69, 9.17) is 26.8 Å². The summed E-state index contributed by atoms with van der Waals surface area (Å²) >= 11 is 6.18. The van der Waals surface area contributed by atoms with Crippen LogP contribution in [0.4, 0.5) is 0 Å². The Balaban J connectivity index is 0.00000338. The zero-order chi connectivity index (χ0) is 18.4. The highest BCUT2D eigenvalue weighted by Gasteiger charge is 2.18. The van der Waals surface area contributed by atoms with Crippen LogP contribution in [0.5, 0.6) is 11.5 Å². The molecule has 0 spiro atoms. The molecule has 1 aliphatic rings. The Bertz CT molecular complexity index is 641. The molecule has 0 fully saturated rings. The van der Waals surface area contributed by atoms with Crippen molar-refractivity contribution in [3.05, 3.63) is 22.7 Å². The van der Waals surface area contributed by atoms with Crippen LogP contribution in [0.1, 0.15) is 19.4 Å². The van der Waals surface area contributed by atoms with Gasteiger partial charge in [0.25, 0.3) is 0 Å². The summed E-state index contributed by atoms with van der Waals surface area (Å²) in [5, 5.41) is 5.77. The molecule has 2 amide bonds. The standard InChI is InChI=1S/C17H24ClN3O4.ClH/c1-10(2)15(19)17(23)21-9-14(22)20-4-3-11-7-12(18)16-13(8-11)24-5-6-25-16;/h7-8,10,15H,3-6,9,19H2,1-2H3,(H,20,22)(H,21,23);1H/t15-;/m0./s1. The van der Waals surface area contributed by atoms with Crippen LogP contribution in [0.2, 0.25) is 5.02 Å². The molecular weight excluding hydrogens is 381 g/mol. The summed E-state index contributed by atoms with van der Waals surface area (Å²) in [7, 11) is 0. The van der Waals surface area contributed by atoms with E-state index in [0.29, 0.717) is 42.7 Å². The summed E-state index contributed by atoms with van der Waals surface area (Å²) in [6.07, 6.45) is 0.585. The summed E-state index contributed by atoms with van der Waals surface area (Å²) in [6, 6.07) is 3.04. The zero-order valence-corrected chi connectivity index (χ0v) is 16.4. The van der Waals surface area contributed by atoms with Crippen LogP contribution in [0, 0.1) is 5.92 Å². The van der Waals surface area contributed by atoms with E-state index in [-0.39, 0.29) is 36.7 Å². The number of carbonyl (C=O) groups is 2. The summed E-state index contributed by atoms with van der Waals surface area (Å²) in [4.78, 5) is 23.5. The molecule has 0 aromatic heterocycles. The van der Waals surface area contributed by atoms with E-state index < -0.39 is 6.04 Å². The monoisotopic (exact) mass is 405 g/mol. The van der Waals surface area contributed by atoms with Crippen molar-refractivity contribution in [2.24, 2.45) is 11.7 Å². The zero-order valence-electron chi connectivity index (χ0n) is 14.8. The van der Waals surface area contributed by atoms with Gasteiger partial charge in [-0.05, 0) is 30.0 Å². The third kappa shape index (κ3) is 6.23. The molecule has 2 rings (SSSR count). The molecule has 0 saturated carbocycles. The van der Waals surface area contributed by atoms with Gasteiger partial charge in [-0.1, -0.05) is 25.4 Å². The predicted octanol–water partition coefficient (Wildman–Crippen LogP) is 1.29. The lowest BCUT2D eigenvalue weighted by Crippen LogP contribution is -2.47. The van der Waals surface area contributed by atoms with Crippen LogP contribution < -0.4 is 25.8 Å². The maximum atomic E-state index is 11.8. The smallest absolute Gasteiger partial charge is 0.239 e. The van der Waals surface area contributed by atoms with Crippen molar-refractivity contribution >= 4 is 35.8 Å². The molecule has 4 N–H and O–H groups in total. The largest absolute Gasteiger partial charge is 0.486 e. The summed E-state index contributed by atoms with van der Waals surface area (Å²) in [5.74, 6) is 0.597. The second kappa shape index (κ2) is 10.4. The fraction of sp³-hybridized carbons (Fsp3) is 0.529. The molecule has 0 aliphatic carbocycles. The fourth-order valence-corrected chi connectivity index (χ4v) is 2.59. The highest BCUT2D eigenvalue weighted by Crippen LogP contribution is 2.38. The van der Waals surface area contributed by atoms with Crippen LogP contribution >= 0.6 is 24.0 Å². The Hall–Kier alpha value is -1.70. The summed E-state index contributed by atoms with van der Waals surface area (Å²) < 4.78 is 11.0. The molecule has 26 heavy (non-hydrogen) atoms. The minimum atomic E-state index is -0.618. The van der Waals surface area contributed by atoms with Crippen LogP contribution in [0.15, 0.2) is 12.1 Å². The van der Waals surface area contributed by atoms with E-state index in [9.17, 15) is 9.59 Å². The second-order valence-corrected chi connectivity index (χ2v) is 6.60. The van der Waals surface area contributed by atoms with Gasteiger partial charge in [-0.15, -0.1) is 12.4 Å². The Morgan fingerprint density at radius 3 is 2.62 bits per heavy atom. The van der Waals surface area contributed by atoms with Crippen LogP contribution in [-0.2, 0) is 16.0 Å². The van der Waals surface area contributed by atoms with Gasteiger partial charge in [-0.25, -0.2) is 0 Å². The number of halogens is 2. The number of benzene rings is 1. The number of hydrogen-bond donors (Lipinski definition) is 3. The fourth-order valence-electron chi connectivity index (χ4n) is 2.31. The Labute approximate surface area is 164 Å². The maximum absolute atomic E-state index is 11.8. The first kappa shape index (κ1) is 22.3. The van der Waals surface area contributed by atoms with Gasteiger partial charge in [0, 0.05) is 6.54 Å². The Morgan fingerprint density at radius 1 is 1.23 bits per heavy atom. The third-order valence-electron chi connectivity index (χ3n) is 3.84. The summed E-state index contributed by atoms with van der Waals surface area (Å²) in [5.41, 5.74) is 6.64. The van der Waals surface area contributed by atoms with Crippen molar-refractivity contribution in [3.63, 3.8) is 0 Å². The molecule has 0 saturated heterocycles. The maximum Gasteiger partial charge on any atom is 0.239 e. The van der Waals surface area contributed by atoms with E-state index >= 15 is 0 Å². The van der Waals surface area contributed by atoms with Crippen molar-refractivity contribution < 1.29 is 19.1 Å². The van der Waals surface area contributed by atoms with Crippen LogP contribution in [-0.4, -0.2) is 44.2 Å². The van der Waals surface area contributed by atoms with Crippen LogP contribution in [0.25, 0.3) is 0 Å². The molecule has 9 heteroatoms. The topological polar surface area (TPSA) is 103 Å². The third-order valence-corrected chi connectivity index (χ3v) is 4.12. The molecule has 0 unspecified atom stereocenters. The molecule has 1 heterocycles. The normalized spacial score (nSPS) is 13.6. The Morgan fingerprint density at radius 2 is 1.92 bits per heavy atom. The SMILES string of the molecule is CC(C)[C@H](N)C(=O)NCC(=O)NCCc1cc(Cl)c2c(c1)OCCO2.Cl. The van der Waals surface area contributed by atoms with Gasteiger partial charge in [-0.2, -0.15) is 0 Å². The van der Waals surface area contributed by atoms with Crippen LogP contribution in [0.3, 0.4) is 0 Å². The van der Waals surface area contributed by atoms with Gasteiger partial charge in [-0.3, -0.25) is 9.59 Å². The molecule has 1 atom stereocenters. The lowest BCUT2D eigenvalue weighted by Gasteiger charge is -2.20. The van der Waals surface area contributed by atoms with Crippen molar-refractivity contribution in [1.29, 1.82) is 0 Å². The van der Waals surface area contributed by atoms with Gasteiger partial charge >= 0.3 is 0 Å². The minimum absolute atomic E-state index is 0. The predicted molar refractivity (Wildman–Crippen MR) is 102 cm³/mol. The van der Waals surface area contributed by atoms with E-state index in [0.717, 1.165) is 5.56 Å². The molecule has 1 aliphatic heterocycles. The molecular formula is C17H25Cl2N3O4. The van der Waals surface area contributed by atoms with E-state index in [1.807, 2.05) is 19.9 Å². The average Bonchev–Trinajstić information content (AvgIpc) is 2.59. The number of rotatable bonds is 7. The average molecular weight is 406 g/mol. The lowest BCUT2D eigenvalue weighted by molar-refractivity contribution is -0.127. The van der Waals surface area contributed by atoms with Crippen molar-refractivity contribution in [2.45, 2.75) is 26.3 Å². The van der Waals surface area contributed by atoms with E-state index in [1.165, 1.54) is 0 Å². The minimum Gasteiger partial charge on any atom is -0.486 e. The first-order valence-electron chi connectivity index (χ1n) is 8.26. The number of fused-ring (bicyclic) bond motifs is 1. The van der Waals surface area contributed by atoms with Gasteiger partial charge in [0.1, 0.15) is 13.2 Å². The van der Waals surface area contributed by atoms with E-state index in [1.54, 1.807) is 6.07 Å². The quantitative estimate of drug-likeness (QED) is 0.634. The molecule has 1 aromatic rings. The first-order valence-corrected chi connectivity index (χ1v) is 8.64. The lowest BCUT2D eigenvalue weighted by atomic mass is 10.1. The number of ether oxygens (including phenoxy) is 2. The number of nitrogens with one attached hydrogen (secondary N) is 2.